The molecule has 3 amide bonds. The van der Waals surface area contributed by atoms with Crippen LogP contribution in [0.25, 0.3) is 0 Å². The Morgan fingerprint density at radius 1 is 1.19 bits per heavy atom. The molecule has 1 N–H and O–H groups in total. The summed E-state index contributed by atoms with van der Waals surface area (Å²) in [6.07, 6.45) is 0.381. The standard InChI is InChI=1S/C20H18N2O5/c1-26-17(23)14-8-6-13(7-9-14)12-22-18(24)20(21-19(22)25)10-11-27-16-5-3-2-4-15(16)20/h2-9H,10-12H2,1H3,(H,21,25)/t20-/m1/s1. The van der Waals surface area contributed by atoms with Gasteiger partial charge in [-0.1, -0.05) is 30.3 Å². The van der Waals surface area contributed by atoms with Gasteiger partial charge in [-0.15, -0.1) is 0 Å². The highest BCUT2D eigenvalue weighted by Gasteiger charge is 2.54. The summed E-state index contributed by atoms with van der Waals surface area (Å²) in [5, 5.41) is 2.87. The van der Waals surface area contributed by atoms with Gasteiger partial charge in [-0.2, -0.15) is 0 Å². The molecule has 1 saturated heterocycles. The number of hydrogen-bond acceptors (Lipinski definition) is 5. The van der Waals surface area contributed by atoms with Crippen LogP contribution < -0.4 is 10.1 Å². The molecule has 7 nitrogen and oxygen atoms in total. The lowest BCUT2D eigenvalue weighted by Gasteiger charge is -2.33. The first kappa shape index (κ1) is 17.1. The van der Waals surface area contributed by atoms with E-state index in [1.807, 2.05) is 12.1 Å². The van der Waals surface area contributed by atoms with Gasteiger partial charge in [0.15, 0.2) is 5.54 Å². The molecule has 1 atom stereocenters. The first-order valence-electron chi connectivity index (χ1n) is 8.59. The third kappa shape index (κ3) is 2.71. The minimum absolute atomic E-state index is 0.122. The van der Waals surface area contributed by atoms with Crippen LogP contribution >= 0.6 is 0 Å². The summed E-state index contributed by atoms with van der Waals surface area (Å²) in [4.78, 5) is 38.5. The molecule has 138 valence electrons. The Labute approximate surface area is 155 Å². The summed E-state index contributed by atoms with van der Waals surface area (Å²) in [7, 11) is 1.31. The average molecular weight is 366 g/mol. The molecular formula is C20H18N2O5. The molecule has 2 heterocycles. The number of ether oxygens (including phenoxy) is 2. The van der Waals surface area contributed by atoms with Crippen molar-refractivity contribution in [3.05, 3.63) is 65.2 Å². The van der Waals surface area contributed by atoms with E-state index in [4.69, 9.17) is 4.74 Å². The van der Waals surface area contributed by atoms with Gasteiger partial charge in [-0.05, 0) is 23.8 Å². The van der Waals surface area contributed by atoms with Crippen LogP contribution in [0.2, 0.25) is 0 Å². The zero-order valence-electron chi connectivity index (χ0n) is 14.7. The van der Waals surface area contributed by atoms with Crippen LogP contribution in [-0.4, -0.2) is 36.5 Å². The number of esters is 1. The molecule has 0 saturated carbocycles. The second-order valence-corrected chi connectivity index (χ2v) is 6.51. The summed E-state index contributed by atoms with van der Waals surface area (Å²) in [6.45, 7) is 0.474. The van der Waals surface area contributed by atoms with Crippen LogP contribution in [0.4, 0.5) is 4.79 Å². The van der Waals surface area contributed by atoms with Gasteiger partial charge in [0, 0.05) is 12.0 Å². The van der Waals surface area contributed by atoms with Crippen molar-refractivity contribution >= 4 is 17.9 Å². The summed E-state index contributed by atoms with van der Waals surface area (Å²) < 4.78 is 10.3. The number of urea groups is 1. The Kier molecular flexibility index (Phi) is 4.07. The number of methoxy groups -OCH3 is 1. The molecule has 0 radical (unpaired) electrons. The Morgan fingerprint density at radius 2 is 1.93 bits per heavy atom. The summed E-state index contributed by atoms with van der Waals surface area (Å²) in [6, 6.07) is 13.5. The van der Waals surface area contributed by atoms with Crippen molar-refractivity contribution in [1.29, 1.82) is 0 Å². The van der Waals surface area contributed by atoms with Crippen molar-refractivity contribution < 1.29 is 23.9 Å². The zero-order valence-corrected chi connectivity index (χ0v) is 14.7. The van der Waals surface area contributed by atoms with Crippen LogP contribution in [0.15, 0.2) is 48.5 Å². The lowest BCUT2D eigenvalue weighted by molar-refractivity contribution is -0.133. The lowest BCUT2D eigenvalue weighted by Crippen LogP contribution is -2.47. The first-order chi connectivity index (χ1) is 13.0. The molecule has 1 fully saturated rings. The van der Waals surface area contributed by atoms with Crippen LogP contribution in [0.5, 0.6) is 5.75 Å². The number of fused-ring (bicyclic) bond motifs is 2. The molecule has 2 aromatic rings. The van der Waals surface area contributed by atoms with E-state index >= 15 is 0 Å². The third-order valence-electron chi connectivity index (χ3n) is 4.97. The smallest absolute Gasteiger partial charge is 0.337 e. The highest BCUT2D eigenvalue weighted by Crippen LogP contribution is 2.41. The number of hydrogen-bond donors (Lipinski definition) is 1. The van der Waals surface area contributed by atoms with E-state index < -0.39 is 17.5 Å². The largest absolute Gasteiger partial charge is 0.493 e. The summed E-state index contributed by atoms with van der Waals surface area (Å²) in [5.74, 6) is -0.115. The van der Waals surface area contributed by atoms with Crippen molar-refractivity contribution in [3.8, 4) is 5.75 Å². The van der Waals surface area contributed by atoms with Crippen LogP contribution in [0, 0.1) is 0 Å². The zero-order chi connectivity index (χ0) is 19.0. The topological polar surface area (TPSA) is 84.9 Å². The first-order valence-corrected chi connectivity index (χ1v) is 8.59. The molecule has 0 bridgehead atoms. The Bertz CT molecular complexity index is 924. The fraction of sp³-hybridized carbons (Fsp3) is 0.250. The van der Waals surface area contributed by atoms with E-state index in [0.717, 1.165) is 5.56 Å². The normalized spacial score (nSPS) is 20.9. The van der Waals surface area contributed by atoms with E-state index in [9.17, 15) is 14.4 Å². The minimum Gasteiger partial charge on any atom is -0.493 e. The molecule has 7 heteroatoms. The monoisotopic (exact) mass is 366 g/mol. The molecule has 2 aromatic carbocycles. The fourth-order valence-corrected chi connectivity index (χ4v) is 3.56. The number of amides is 3. The molecule has 0 unspecified atom stereocenters. The van der Waals surface area contributed by atoms with E-state index in [0.29, 0.717) is 29.9 Å². The molecule has 0 aromatic heterocycles. The fourth-order valence-electron chi connectivity index (χ4n) is 3.56. The summed E-state index contributed by atoms with van der Waals surface area (Å²) >= 11 is 0. The van der Waals surface area contributed by atoms with Gasteiger partial charge < -0.3 is 14.8 Å². The highest BCUT2D eigenvalue weighted by atomic mass is 16.5. The van der Waals surface area contributed by atoms with E-state index in [1.165, 1.54) is 12.0 Å². The second-order valence-electron chi connectivity index (χ2n) is 6.51. The maximum absolute atomic E-state index is 13.2. The van der Waals surface area contributed by atoms with Gasteiger partial charge in [-0.3, -0.25) is 9.69 Å². The van der Waals surface area contributed by atoms with Gasteiger partial charge in [0.2, 0.25) is 0 Å². The predicted octanol–water partition coefficient (Wildman–Crippen LogP) is 2.20. The lowest BCUT2D eigenvalue weighted by atomic mass is 9.84. The van der Waals surface area contributed by atoms with Gasteiger partial charge in [-0.25, -0.2) is 9.59 Å². The van der Waals surface area contributed by atoms with Crippen molar-refractivity contribution in [2.45, 2.75) is 18.5 Å². The number of benzene rings is 2. The van der Waals surface area contributed by atoms with Gasteiger partial charge in [0.05, 0.1) is 25.8 Å². The Balaban J connectivity index is 1.60. The van der Waals surface area contributed by atoms with E-state index in [2.05, 4.69) is 10.1 Å². The number of carbonyl (C=O) groups excluding carboxylic acids is 3. The number of carbonyl (C=O) groups is 3. The van der Waals surface area contributed by atoms with Crippen LogP contribution in [0.1, 0.15) is 27.9 Å². The van der Waals surface area contributed by atoms with Crippen LogP contribution in [-0.2, 0) is 21.6 Å². The molecule has 0 aliphatic carbocycles. The van der Waals surface area contributed by atoms with Crippen molar-refractivity contribution in [2.24, 2.45) is 0 Å². The van der Waals surface area contributed by atoms with E-state index in [1.54, 1.807) is 36.4 Å². The minimum atomic E-state index is -1.09. The molecular weight excluding hydrogens is 348 g/mol. The Morgan fingerprint density at radius 3 is 2.67 bits per heavy atom. The predicted molar refractivity (Wildman–Crippen MR) is 95.1 cm³/mol. The number of nitrogens with one attached hydrogen (secondary N) is 1. The average Bonchev–Trinajstić information content (AvgIpc) is 2.93. The summed E-state index contributed by atoms with van der Waals surface area (Å²) in [5.41, 5.74) is 0.743. The molecule has 1 spiro atoms. The van der Waals surface area contributed by atoms with Crippen molar-refractivity contribution in [3.63, 3.8) is 0 Å². The van der Waals surface area contributed by atoms with Crippen molar-refractivity contribution in [1.82, 2.24) is 10.2 Å². The molecule has 4 rings (SSSR count). The number of imide groups is 1. The number of para-hydroxylation sites is 1. The third-order valence-corrected chi connectivity index (χ3v) is 4.97. The van der Waals surface area contributed by atoms with E-state index in [-0.39, 0.29) is 12.5 Å². The number of rotatable bonds is 3. The maximum Gasteiger partial charge on any atom is 0.337 e. The molecule has 2 aliphatic rings. The maximum atomic E-state index is 13.2. The second kappa shape index (κ2) is 6.42. The molecule has 27 heavy (non-hydrogen) atoms. The van der Waals surface area contributed by atoms with Gasteiger partial charge in [0.1, 0.15) is 5.75 Å². The number of nitrogens with zero attached hydrogens (tertiary/aromatic N) is 1. The van der Waals surface area contributed by atoms with Gasteiger partial charge in [0.25, 0.3) is 5.91 Å². The Hall–Kier alpha value is -3.35. The molecule has 2 aliphatic heterocycles. The quantitative estimate of drug-likeness (QED) is 0.665. The van der Waals surface area contributed by atoms with Crippen LogP contribution in [0.3, 0.4) is 0 Å². The van der Waals surface area contributed by atoms with Crippen molar-refractivity contribution in [2.75, 3.05) is 13.7 Å². The highest BCUT2D eigenvalue weighted by molar-refractivity contribution is 6.07. The SMILES string of the molecule is COC(=O)c1ccc(CN2C(=O)N[C@@]3(CCOc4ccccc43)C2=O)cc1. The van der Waals surface area contributed by atoms with Gasteiger partial charge >= 0.3 is 12.0 Å².